The second-order valence-electron chi connectivity index (χ2n) is 7.13. The third kappa shape index (κ3) is 7.35. The summed E-state index contributed by atoms with van der Waals surface area (Å²) in [7, 11) is 0. The van der Waals surface area contributed by atoms with Crippen LogP contribution in [0, 0.1) is 17.2 Å². The fourth-order valence-electron chi connectivity index (χ4n) is 3.36. The first kappa shape index (κ1) is 20.0. The summed E-state index contributed by atoms with van der Waals surface area (Å²) < 4.78 is 0. The summed E-state index contributed by atoms with van der Waals surface area (Å²) in [5.74, 6) is 0.436. The second kappa shape index (κ2) is 11.5. The van der Waals surface area contributed by atoms with Crippen LogP contribution < -0.4 is 5.73 Å². The summed E-state index contributed by atoms with van der Waals surface area (Å²) >= 11 is 0. The molecule has 0 bridgehead atoms. The van der Waals surface area contributed by atoms with Crippen molar-refractivity contribution in [2.75, 3.05) is 6.54 Å². The molecule has 1 saturated heterocycles. The van der Waals surface area contributed by atoms with Crippen molar-refractivity contribution in [3.05, 3.63) is 0 Å². The lowest BCUT2D eigenvalue weighted by Gasteiger charge is -2.24. The molecular weight excluding hydrogens is 286 g/mol. The fourth-order valence-corrected chi connectivity index (χ4v) is 3.36. The standard InChI is InChI=1S/C19H35N3O/c1-3-4-5-6-7-8-9-11-16(2)18(21)14-19(23)22-13-10-12-17(22)15-20/h16-18H,3-14,21H2,1-2H3/t16-,17+,18+/m0/s1. The van der Waals surface area contributed by atoms with E-state index < -0.39 is 0 Å². The van der Waals surface area contributed by atoms with Gasteiger partial charge in [0.1, 0.15) is 6.04 Å². The van der Waals surface area contributed by atoms with Gasteiger partial charge >= 0.3 is 0 Å². The molecule has 0 aromatic rings. The van der Waals surface area contributed by atoms with Crippen LogP contribution in [0.1, 0.15) is 84.5 Å². The SMILES string of the molecule is CCCCCCCCC[C@H](C)[C@H](N)CC(=O)N1CCC[C@@H]1C#N. The lowest BCUT2D eigenvalue weighted by atomic mass is 9.93. The molecule has 1 amide bonds. The predicted molar refractivity (Wildman–Crippen MR) is 94.7 cm³/mol. The molecule has 0 radical (unpaired) electrons. The molecule has 132 valence electrons. The van der Waals surface area contributed by atoms with Crippen molar-refractivity contribution < 1.29 is 4.79 Å². The second-order valence-corrected chi connectivity index (χ2v) is 7.13. The summed E-state index contributed by atoms with van der Waals surface area (Å²) in [5, 5.41) is 9.07. The predicted octanol–water partition coefficient (Wildman–Crippen LogP) is 4.00. The van der Waals surface area contributed by atoms with Crippen LogP contribution in [0.25, 0.3) is 0 Å². The highest BCUT2D eigenvalue weighted by molar-refractivity contribution is 5.77. The van der Waals surface area contributed by atoms with Crippen LogP contribution >= 0.6 is 0 Å². The van der Waals surface area contributed by atoms with Crippen LogP contribution in [-0.2, 0) is 4.79 Å². The van der Waals surface area contributed by atoms with Gasteiger partial charge in [-0.15, -0.1) is 0 Å². The normalized spacial score (nSPS) is 20.3. The zero-order valence-electron chi connectivity index (χ0n) is 15.1. The Bertz CT molecular complexity index is 377. The average Bonchev–Trinajstić information content (AvgIpc) is 3.02. The molecule has 1 fully saturated rings. The van der Waals surface area contributed by atoms with Gasteiger partial charge in [0.25, 0.3) is 0 Å². The first-order valence-corrected chi connectivity index (χ1v) is 9.54. The molecule has 3 atom stereocenters. The molecule has 0 saturated carbocycles. The summed E-state index contributed by atoms with van der Waals surface area (Å²) in [6.45, 7) is 5.11. The number of rotatable bonds is 11. The van der Waals surface area contributed by atoms with Gasteiger partial charge in [-0.1, -0.05) is 58.8 Å². The largest absolute Gasteiger partial charge is 0.327 e. The molecule has 0 aromatic heterocycles. The van der Waals surface area contributed by atoms with E-state index in [9.17, 15) is 4.79 Å². The monoisotopic (exact) mass is 321 g/mol. The summed E-state index contributed by atoms with van der Waals surface area (Å²) in [5.41, 5.74) is 6.22. The fraction of sp³-hybridized carbons (Fsp3) is 0.895. The molecule has 23 heavy (non-hydrogen) atoms. The van der Waals surface area contributed by atoms with Crippen LogP contribution in [0.2, 0.25) is 0 Å². The minimum absolute atomic E-state index is 0.0629. The molecule has 1 aliphatic heterocycles. The van der Waals surface area contributed by atoms with Crippen LogP contribution in [0.15, 0.2) is 0 Å². The van der Waals surface area contributed by atoms with Crippen molar-refractivity contribution in [1.82, 2.24) is 4.90 Å². The number of carbonyl (C=O) groups excluding carboxylic acids is 1. The molecular formula is C19H35N3O. The van der Waals surface area contributed by atoms with E-state index in [-0.39, 0.29) is 18.0 Å². The number of carbonyl (C=O) groups is 1. The quantitative estimate of drug-likeness (QED) is 0.585. The number of hydrogen-bond donors (Lipinski definition) is 1. The van der Waals surface area contributed by atoms with Gasteiger partial charge in [0, 0.05) is 19.0 Å². The van der Waals surface area contributed by atoms with Crippen molar-refractivity contribution in [3.63, 3.8) is 0 Å². The van der Waals surface area contributed by atoms with E-state index >= 15 is 0 Å². The molecule has 0 aliphatic carbocycles. The van der Waals surface area contributed by atoms with Gasteiger partial charge < -0.3 is 10.6 Å². The maximum atomic E-state index is 12.3. The van der Waals surface area contributed by atoms with Crippen LogP contribution in [0.4, 0.5) is 0 Å². The van der Waals surface area contributed by atoms with Crippen molar-refractivity contribution in [2.24, 2.45) is 11.7 Å². The number of hydrogen-bond acceptors (Lipinski definition) is 3. The van der Waals surface area contributed by atoms with E-state index in [1.165, 1.54) is 44.9 Å². The Kier molecular flexibility index (Phi) is 9.94. The summed E-state index contributed by atoms with van der Waals surface area (Å²) in [4.78, 5) is 14.0. The lowest BCUT2D eigenvalue weighted by molar-refractivity contribution is -0.131. The number of amides is 1. The van der Waals surface area contributed by atoms with Gasteiger partial charge in [0.2, 0.25) is 5.91 Å². The minimum Gasteiger partial charge on any atom is -0.327 e. The molecule has 2 N–H and O–H groups in total. The average molecular weight is 322 g/mol. The maximum Gasteiger partial charge on any atom is 0.225 e. The van der Waals surface area contributed by atoms with Gasteiger partial charge in [0.15, 0.2) is 0 Å². The zero-order chi connectivity index (χ0) is 17.1. The minimum atomic E-state index is -0.229. The Hall–Kier alpha value is -1.08. The van der Waals surface area contributed by atoms with Crippen LogP contribution in [-0.4, -0.2) is 29.4 Å². The van der Waals surface area contributed by atoms with Crippen molar-refractivity contribution in [3.8, 4) is 6.07 Å². The topological polar surface area (TPSA) is 70.1 Å². The Labute approximate surface area is 142 Å². The van der Waals surface area contributed by atoms with Gasteiger partial charge in [-0.25, -0.2) is 0 Å². The number of nitrogens with zero attached hydrogens (tertiary/aromatic N) is 2. The van der Waals surface area contributed by atoms with Crippen LogP contribution in [0.3, 0.4) is 0 Å². The smallest absolute Gasteiger partial charge is 0.225 e. The Balaban J connectivity index is 2.17. The Morgan fingerprint density at radius 3 is 2.57 bits per heavy atom. The maximum absolute atomic E-state index is 12.3. The van der Waals surface area contributed by atoms with E-state index in [2.05, 4.69) is 19.9 Å². The Morgan fingerprint density at radius 1 is 1.26 bits per heavy atom. The molecule has 0 spiro atoms. The molecule has 0 aromatic carbocycles. The lowest BCUT2D eigenvalue weighted by Crippen LogP contribution is -2.40. The van der Waals surface area contributed by atoms with Gasteiger partial charge in [0.05, 0.1) is 6.07 Å². The Morgan fingerprint density at radius 2 is 1.91 bits per heavy atom. The van der Waals surface area contributed by atoms with Gasteiger partial charge in [-0.05, 0) is 25.2 Å². The number of likely N-dealkylation sites (tertiary alicyclic amines) is 1. The zero-order valence-corrected chi connectivity index (χ0v) is 15.1. The molecule has 1 aliphatic rings. The third-order valence-corrected chi connectivity index (χ3v) is 5.13. The van der Waals surface area contributed by atoms with Crippen molar-refractivity contribution in [2.45, 2.75) is 96.6 Å². The molecule has 0 unspecified atom stereocenters. The van der Waals surface area contributed by atoms with Gasteiger partial charge in [-0.2, -0.15) is 5.26 Å². The van der Waals surface area contributed by atoms with E-state index in [4.69, 9.17) is 11.0 Å². The number of nitrogens with two attached hydrogens (primary N) is 1. The van der Waals surface area contributed by atoms with Crippen molar-refractivity contribution >= 4 is 5.91 Å². The van der Waals surface area contributed by atoms with E-state index in [1.54, 1.807) is 4.90 Å². The van der Waals surface area contributed by atoms with Crippen molar-refractivity contribution in [1.29, 1.82) is 5.26 Å². The van der Waals surface area contributed by atoms with Crippen LogP contribution in [0.5, 0.6) is 0 Å². The number of unbranched alkanes of at least 4 members (excludes halogenated alkanes) is 6. The molecule has 1 rings (SSSR count). The number of nitriles is 1. The highest BCUT2D eigenvalue weighted by Gasteiger charge is 2.29. The third-order valence-electron chi connectivity index (χ3n) is 5.13. The summed E-state index contributed by atoms with van der Waals surface area (Å²) in [6, 6.07) is 1.91. The summed E-state index contributed by atoms with van der Waals surface area (Å²) in [6.07, 6.45) is 12.4. The highest BCUT2D eigenvalue weighted by atomic mass is 16.2. The van der Waals surface area contributed by atoms with E-state index in [0.717, 1.165) is 25.8 Å². The van der Waals surface area contributed by atoms with E-state index in [0.29, 0.717) is 12.3 Å². The highest BCUT2D eigenvalue weighted by Crippen LogP contribution is 2.20. The molecule has 1 heterocycles. The molecule has 4 nitrogen and oxygen atoms in total. The van der Waals surface area contributed by atoms with Gasteiger partial charge in [-0.3, -0.25) is 4.79 Å². The van der Waals surface area contributed by atoms with E-state index in [1.807, 2.05) is 0 Å². The first-order chi connectivity index (χ1) is 11.1. The molecule has 4 heteroatoms. The first-order valence-electron chi connectivity index (χ1n) is 9.54.